The first-order chi connectivity index (χ1) is 16.3. The molecule has 11 heteroatoms. The van der Waals surface area contributed by atoms with Gasteiger partial charge < -0.3 is 25.6 Å². The zero-order valence-electron chi connectivity index (χ0n) is 19.8. The summed E-state index contributed by atoms with van der Waals surface area (Å²) in [7, 11) is -2.15. The molecule has 1 aromatic carbocycles. The minimum absolute atomic E-state index is 0.0806. The highest BCUT2D eigenvalue weighted by atomic mass is 32.2. The summed E-state index contributed by atoms with van der Waals surface area (Å²) in [5.74, 6) is 0.771. The van der Waals surface area contributed by atoms with Gasteiger partial charge in [-0.1, -0.05) is 13.3 Å². The highest BCUT2D eigenvalue weighted by Crippen LogP contribution is 2.34. The molecule has 1 aliphatic rings. The lowest BCUT2D eigenvalue weighted by atomic mass is 9.98. The summed E-state index contributed by atoms with van der Waals surface area (Å²) < 4.78 is 33.5. The van der Waals surface area contributed by atoms with Gasteiger partial charge in [-0.2, -0.15) is 4.31 Å². The second kappa shape index (κ2) is 11.1. The number of nitrogens with one attached hydrogen (secondary N) is 3. The van der Waals surface area contributed by atoms with Gasteiger partial charge in [0.2, 0.25) is 10.0 Å². The molecule has 0 aliphatic carbocycles. The summed E-state index contributed by atoms with van der Waals surface area (Å²) in [6, 6.07) is 4.52. The molecule has 1 fully saturated rings. The average Bonchev–Trinajstić information content (AvgIpc) is 2.78. The molecule has 1 saturated heterocycles. The first-order valence-electron chi connectivity index (χ1n) is 11.5. The average molecular weight is 492 g/mol. The lowest BCUT2D eigenvalue weighted by Gasteiger charge is -2.38. The molecule has 1 aromatic heterocycles. The van der Waals surface area contributed by atoms with Crippen molar-refractivity contribution in [3.05, 3.63) is 34.2 Å². The Hall–Kier alpha value is -2.76. The number of aromatic nitrogens is 2. The van der Waals surface area contributed by atoms with Gasteiger partial charge in [0.25, 0.3) is 5.56 Å². The van der Waals surface area contributed by atoms with Gasteiger partial charge in [-0.15, -0.1) is 0 Å². The van der Waals surface area contributed by atoms with Crippen molar-refractivity contribution >= 4 is 21.4 Å². The van der Waals surface area contributed by atoms with Crippen molar-refractivity contribution in [2.75, 3.05) is 38.7 Å². The number of H-pyrrole nitrogens is 1. The van der Waals surface area contributed by atoms with Crippen molar-refractivity contribution in [1.29, 1.82) is 5.41 Å². The molecule has 0 saturated carbocycles. The Bertz CT molecular complexity index is 1190. The van der Waals surface area contributed by atoms with Crippen LogP contribution in [0.2, 0.25) is 0 Å². The smallest absolute Gasteiger partial charge is 0.275 e. The zero-order valence-corrected chi connectivity index (χ0v) is 20.7. The molecule has 2 heterocycles. The number of nitrogens with zero attached hydrogens (tertiary/aromatic N) is 2. The minimum Gasteiger partial charge on any atom is -0.493 e. The summed E-state index contributed by atoms with van der Waals surface area (Å²) in [6.45, 7) is 5.01. The number of aromatic amines is 1. The van der Waals surface area contributed by atoms with Crippen LogP contribution in [0.5, 0.6) is 5.75 Å². The number of hydrogen-bond acceptors (Lipinski definition) is 8. The Labute approximate surface area is 199 Å². The Kier molecular flexibility index (Phi) is 8.45. The van der Waals surface area contributed by atoms with Gasteiger partial charge >= 0.3 is 0 Å². The van der Waals surface area contributed by atoms with Crippen LogP contribution in [-0.2, 0) is 10.0 Å². The summed E-state index contributed by atoms with van der Waals surface area (Å²) in [5, 5.41) is 20.2. The van der Waals surface area contributed by atoms with E-state index in [1.807, 2.05) is 13.8 Å². The van der Waals surface area contributed by atoms with E-state index in [2.05, 4.69) is 15.3 Å². The predicted octanol–water partition coefficient (Wildman–Crippen LogP) is 2.44. The molecule has 0 spiro atoms. The van der Waals surface area contributed by atoms with Gasteiger partial charge in [0.1, 0.15) is 23.0 Å². The summed E-state index contributed by atoms with van der Waals surface area (Å²) in [5.41, 5.74) is 0.529. The second-order valence-electron chi connectivity index (χ2n) is 8.26. The molecule has 2 aromatic rings. The van der Waals surface area contributed by atoms with Crippen LogP contribution in [0.15, 0.2) is 27.9 Å². The van der Waals surface area contributed by atoms with E-state index in [9.17, 15) is 13.2 Å². The molecule has 34 heavy (non-hydrogen) atoms. The maximum atomic E-state index is 13.2. The van der Waals surface area contributed by atoms with E-state index in [1.54, 1.807) is 13.1 Å². The van der Waals surface area contributed by atoms with Crippen molar-refractivity contribution in [2.24, 2.45) is 5.92 Å². The van der Waals surface area contributed by atoms with Crippen molar-refractivity contribution in [3.8, 4) is 17.1 Å². The van der Waals surface area contributed by atoms with Crippen LogP contribution < -0.4 is 15.6 Å². The molecule has 4 N–H and O–H groups in total. The molecule has 0 amide bonds. The van der Waals surface area contributed by atoms with Crippen molar-refractivity contribution in [3.63, 3.8) is 0 Å². The third kappa shape index (κ3) is 5.31. The SMILES string of the molecule is CCCC(=N)c1nc(-c2cc(S(=O)(=O)N3CC(CCCO)C3)ccc2OCC)[nH]c(=O)c1NC. The van der Waals surface area contributed by atoms with Crippen LogP contribution >= 0.6 is 0 Å². The third-order valence-corrected chi connectivity index (χ3v) is 7.62. The Morgan fingerprint density at radius 2 is 2.09 bits per heavy atom. The van der Waals surface area contributed by atoms with Crippen LogP contribution in [-0.4, -0.2) is 66.9 Å². The maximum absolute atomic E-state index is 13.2. The molecule has 0 unspecified atom stereocenters. The van der Waals surface area contributed by atoms with Crippen LogP contribution in [0.1, 0.15) is 45.2 Å². The quantitative estimate of drug-likeness (QED) is 0.333. The zero-order chi connectivity index (χ0) is 24.9. The van der Waals surface area contributed by atoms with Gasteiger partial charge in [0.15, 0.2) is 0 Å². The van der Waals surface area contributed by atoms with Gasteiger partial charge in [0, 0.05) is 26.7 Å². The number of hydrogen-bond donors (Lipinski definition) is 4. The fourth-order valence-electron chi connectivity index (χ4n) is 3.99. The molecular weight excluding hydrogens is 458 g/mol. The number of benzene rings is 1. The fourth-order valence-corrected chi connectivity index (χ4v) is 5.60. The molecule has 1 aliphatic heterocycles. The lowest BCUT2D eigenvalue weighted by Crippen LogP contribution is -2.49. The number of anilines is 1. The third-order valence-electron chi connectivity index (χ3n) is 5.79. The number of sulfonamides is 1. The molecule has 0 bridgehead atoms. The minimum atomic E-state index is -3.74. The fraction of sp³-hybridized carbons (Fsp3) is 0.522. The lowest BCUT2D eigenvalue weighted by molar-refractivity contribution is 0.173. The van der Waals surface area contributed by atoms with Gasteiger partial charge in [-0.3, -0.25) is 4.79 Å². The highest BCUT2D eigenvalue weighted by molar-refractivity contribution is 7.89. The molecular formula is C23H33N5O5S. The normalized spacial score (nSPS) is 14.6. The topological polar surface area (TPSA) is 148 Å². The highest BCUT2D eigenvalue weighted by Gasteiger charge is 2.36. The number of ether oxygens (including phenoxy) is 1. The van der Waals surface area contributed by atoms with Crippen LogP contribution in [0.25, 0.3) is 11.4 Å². The van der Waals surface area contributed by atoms with E-state index >= 15 is 0 Å². The van der Waals surface area contributed by atoms with E-state index in [1.165, 1.54) is 16.4 Å². The molecule has 0 atom stereocenters. The Morgan fingerprint density at radius 1 is 1.35 bits per heavy atom. The van der Waals surface area contributed by atoms with Crippen LogP contribution in [0.4, 0.5) is 5.69 Å². The van der Waals surface area contributed by atoms with Crippen molar-refractivity contribution < 1.29 is 18.3 Å². The van der Waals surface area contributed by atoms with Crippen molar-refractivity contribution in [1.82, 2.24) is 14.3 Å². The Balaban J connectivity index is 2.04. The standard InChI is InChI=1S/C23H33N5O5S/c1-4-7-18(24)20-21(25-3)23(30)27-22(26-20)17-12-16(9-10-19(17)33-5-2)34(31,32)28-13-15(14-28)8-6-11-29/h9-10,12,15,24-25,29H,4-8,11,13-14H2,1-3H3,(H,26,27,30). The first-order valence-corrected chi connectivity index (χ1v) is 13.0. The number of rotatable bonds is 12. The van der Waals surface area contributed by atoms with Crippen LogP contribution in [0.3, 0.4) is 0 Å². The summed E-state index contributed by atoms with van der Waals surface area (Å²) in [6.07, 6.45) is 2.61. The Morgan fingerprint density at radius 3 is 2.71 bits per heavy atom. The van der Waals surface area contributed by atoms with Crippen molar-refractivity contribution in [2.45, 2.75) is 44.4 Å². The van der Waals surface area contributed by atoms with E-state index in [0.29, 0.717) is 43.9 Å². The molecule has 0 radical (unpaired) electrons. The van der Waals surface area contributed by atoms with Gasteiger partial charge in [-0.25, -0.2) is 13.4 Å². The van der Waals surface area contributed by atoms with E-state index in [4.69, 9.17) is 15.3 Å². The first kappa shape index (κ1) is 25.9. The molecule has 3 rings (SSSR count). The number of aliphatic hydroxyl groups is 1. The van der Waals surface area contributed by atoms with Gasteiger partial charge in [0.05, 0.1) is 22.8 Å². The largest absolute Gasteiger partial charge is 0.493 e. The molecule has 10 nitrogen and oxygen atoms in total. The molecule has 186 valence electrons. The predicted molar refractivity (Wildman–Crippen MR) is 131 cm³/mol. The van der Waals surface area contributed by atoms with E-state index in [0.717, 1.165) is 12.8 Å². The monoisotopic (exact) mass is 491 g/mol. The number of aliphatic hydroxyl groups excluding tert-OH is 1. The van der Waals surface area contributed by atoms with Crippen LogP contribution in [0, 0.1) is 11.3 Å². The maximum Gasteiger partial charge on any atom is 0.275 e. The van der Waals surface area contributed by atoms with Gasteiger partial charge in [-0.05, 0) is 50.3 Å². The van der Waals surface area contributed by atoms with E-state index in [-0.39, 0.29) is 40.3 Å². The summed E-state index contributed by atoms with van der Waals surface area (Å²) >= 11 is 0. The van der Waals surface area contributed by atoms with E-state index < -0.39 is 15.6 Å². The summed E-state index contributed by atoms with van der Waals surface area (Å²) in [4.78, 5) is 20.1. The second-order valence-corrected chi connectivity index (χ2v) is 10.2.